The molecule has 3 aromatic carbocycles. The molecule has 0 fully saturated rings. The summed E-state index contributed by atoms with van der Waals surface area (Å²) in [6.07, 6.45) is 0.777. The number of rotatable bonds is 9. The van der Waals surface area contributed by atoms with E-state index in [4.69, 9.17) is 4.74 Å². The summed E-state index contributed by atoms with van der Waals surface area (Å²) in [5.41, 5.74) is 4.66. The SMILES string of the molecule is C[NH+](C)Cc1ccc(CNC(=O)COc2ccccc2Cc2ccccc2)cc1. The van der Waals surface area contributed by atoms with Gasteiger partial charge in [-0.05, 0) is 22.8 Å². The van der Waals surface area contributed by atoms with Gasteiger partial charge in [0.1, 0.15) is 12.3 Å². The number of nitrogens with one attached hydrogen (secondary N) is 2. The van der Waals surface area contributed by atoms with E-state index in [0.29, 0.717) is 6.54 Å². The number of benzene rings is 3. The molecule has 150 valence electrons. The van der Waals surface area contributed by atoms with Crippen LogP contribution in [0.1, 0.15) is 22.3 Å². The molecule has 0 aliphatic heterocycles. The molecule has 0 aliphatic carbocycles. The Kier molecular flexibility index (Phi) is 7.42. The quantitative estimate of drug-likeness (QED) is 0.591. The second-order valence-electron chi connectivity index (χ2n) is 7.54. The lowest BCUT2D eigenvalue weighted by Crippen LogP contribution is -3.04. The summed E-state index contributed by atoms with van der Waals surface area (Å²) in [5.74, 6) is 0.628. The number of carbonyl (C=O) groups excluding carboxylic acids is 1. The van der Waals surface area contributed by atoms with E-state index in [9.17, 15) is 4.79 Å². The topological polar surface area (TPSA) is 42.8 Å². The molecule has 0 heterocycles. The lowest BCUT2D eigenvalue weighted by atomic mass is 10.0. The molecule has 0 aromatic heterocycles. The molecule has 4 heteroatoms. The molecule has 0 radical (unpaired) electrons. The van der Waals surface area contributed by atoms with Gasteiger partial charge >= 0.3 is 0 Å². The number of para-hydroxylation sites is 1. The molecular weight excluding hydrogens is 360 g/mol. The van der Waals surface area contributed by atoms with Crippen molar-refractivity contribution in [3.8, 4) is 5.75 Å². The van der Waals surface area contributed by atoms with Crippen LogP contribution in [-0.4, -0.2) is 26.6 Å². The largest absolute Gasteiger partial charge is 0.483 e. The minimum atomic E-state index is -0.124. The van der Waals surface area contributed by atoms with Gasteiger partial charge in [-0.25, -0.2) is 0 Å². The van der Waals surface area contributed by atoms with Crippen LogP contribution in [0.4, 0.5) is 0 Å². The Bertz CT molecular complexity index is 906. The Balaban J connectivity index is 1.49. The van der Waals surface area contributed by atoms with Crippen LogP contribution in [0.25, 0.3) is 0 Å². The van der Waals surface area contributed by atoms with E-state index in [1.54, 1.807) is 0 Å². The predicted molar refractivity (Wildman–Crippen MR) is 116 cm³/mol. The van der Waals surface area contributed by atoms with Crippen molar-refractivity contribution >= 4 is 5.91 Å². The predicted octanol–water partition coefficient (Wildman–Crippen LogP) is 2.62. The van der Waals surface area contributed by atoms with Crippen molar-refractivity contribution in [1.29, 1.82) is 0 Å². The van der Waals surface area contributed by atoms with Crippen LogP contribution < -0.4 is 15.0 Å². The van der Waals surface area contributed by atoms with Crippen molar-refractivity contribution in [1.82, 2.24) is 5.32 Å². The fourth-order valence-corrected chi connectivity index (χ4v) is 3.18. The maximum absolute atomic E-state index is 12.2. The van der Waals surface area contributed by atoms with E-state index in [-0.39, 0.29) is 12.5 Å². The van der Waals surface area contributed by atoms with Gasteiger partial charge in [-0.3, -0.25) is 4.79 Å². The molecule has 3 rings (SSSR count). The molecule has 0 unspecified atom stereocenters. The van der Waals surface area contributed by atoms with Crippen LogP contribution >= 0.6 is 0 Å². The number of ether oxygens (including phenoxy) is 1. The Morgan fingerprint density at radius 1 is 0.828 bits per heavy atom. The third-order valence-electron chi connectivity index (χ3n) is 4.64. The van der Waals surface area contributed by atoms with Crippen molar-refractivity contribution in [2.24, 2.45) is 0 Å². The number of quaternary nitrogens is 1. The maximum atomic E-state index is 12.2. The summed E-state index contributed by atoms with van der Waals surface area (Å²) in [4.78, 5) is 13.6. The van der Waals surface area contributed by atoms with Gasteiger partial charge < -0.3 is 15.0 Å². The van der Waals surface area contributed by atoms with Gasteiger partial charge in [0.2, 0.25) is 0 Å². The molecule has 2 N–H and O–H groups in total. The van der Waals surface area contributed by atoms with E-state index in [0.717, 1.165) is 29.8 Å². The van der Waals surface area contributed by atoms with E-state index in [1.165, 1.54) is 16.0 Å². The summed E-state index contributed by atoms with van der Waals surface area (Å²) >= 11 is 0. The highest BCUT2D eigenvalue weighted by Gasteiger charge is 2.08. The van der Waals surface area contributed by atoms with Gasteiger partial charge in [-0.15, -0.1) is 0 Å². The fraction of sp³-hybridized carbons (Fsp3) is 0.240. The van der Waals surface area contributed by atoms with Crippen LogP contribution in [0, 0.1) is 0 Å². The lowest BCUT2D eigenvalue weighted by molar-refractivity contribution is -0.872. The maximum Gasteiger partial charge on any atom is 0.258 e. The zero-order chi connectivity index (χ0) is 20.5. The second-order valence-corrected chi connectivity index (χ2v) is 7.54. The van der Waals surface area contributed by atoms with Crippen LogP contribution in [0.15, 0.2) is 78.9 Å². The molecule has 29 heavy (non-hydrogen) atoms. The standard InChI is InChI=1S/C25H28N2O2/c1-27(2)18-22-14-12-21(13-15-22)17-26-25(28)19-29-24-11-7-6-10-23(24)16-20-8-4-3-5-9-20/h3-15H,16-19H2,1-2H3,(H,26,28)/p+1. The number of hydrogen-bond donors (Lipinski definition) is 2. The number of amides is 1. The average molecular weight is 390 g/mol. The molecule has 0 bridgehead atoms. The first-order valence-corrected chi connectivity index (χ1v) is 9.98. The first-order valence-electron chi connectivity index (χ1n) is 9.98. The first kappa shape index (κ1) is 20.6. The summed E-state index contributed by atoms with van der Waals surface area (Å²) in [7, 11) is 4.26. The van der Waals surface area contributed by atoms with Crippen molar-refractivity contribution < 1.29 is 14.4 Å². The Labute approximate surface area is 173 Å². The second kappa shape index (κ2) is 10.4. The van der Waals surface area contributed by atoms with E-state index in [1.807, 2.05) is 42.5 Å². The smallest absolute Gasteiger partial charge is 0.258 e. The van der Waals surface area contributed by atoms with Crippen molar-refractivity contribution in [2.45, 2.75) is 19.5 Å². The molecule has 0 atom stereocenters. The molecule has 4 nitrogen and oxygen atoms in total. The Morgan fingerprint density at radius 2 is 1.48 bits per heavy atom. The van der Waals surface area contributed by atoms with Gasteiger partial charge in [-0.2, -0.15) is 0 Å². The Hall–Kier alpha value is -3.11. The van der Waals surface area contributed by atoms with Crippen LogP contribution in [-0.2, 0) is 24.3 Å². The third kappa shape index (κ3) is 6.77. The first-order chi connectivity index (χ1) is 14.1. The van der Waals surface area contributed by atoms with Crippen molar-refractivity contribution in [2.75, 3.05) is 20.7 Å². The number of carbonyl (C=O) groups is 1. The summed E-state index contributed by atoms with van der Waals surface area (Å²) in [6.45, 7) is 1.50. The van der Waals surface area contributed by atoms with Gasteiger partial charge in [0.05, 0.1) is 14.1 Å². The number of hydrogen-bond acceptors (Lipinski definition) is 2. The summed E-state index contributed by atoms with van der Waals surface area (Å²) in [5, 5.41) is 2.93. The summed E-state index contributed by atoms with van der Waals surface area (Å²) in [6, 6.07) is 26.5. The normalized spacial score (nSPS) is 10.7. The highest BCUT2D eigenvalue weighted by Crippen LogP contribution is 2.21. The van der Waals surface area contributed by atoms with Crippen molar-refractivity contribution in [3.05, 3.63) is 101 Å². The van der Waals surface area contributed by atoms with Crippen molar-refractivity contribution in [3.63, 3.8) is 0 Å². The van der Waals surface area contributed by atoms with Crippen LogP contribution in [0.5, 0.6) is 5.75 Å². The van der Waals surface area contributed by atoms with Gasteiger partial charge in [0.15, 0.2) is 6.61 Å². The van der Waals surface area contributed by atoms with E-state index >= 15 is 0 Å². The zero-order valence-corrected chi connectivity index (χ0v) is 17.2. The monoisotopic (exact) mass is 389 g/mol. The van der Waals surface area contributed by atoms with Crippen LogP contribution in [0.3, 0.4) is 0 Å². The minimum absolute atomic E-state index is 0.00781. The van der Waals surface area contributed by atoms with Gasteiger partial charge in [-0.1, -0.05) is 72.8 Å². The van der Waals surface area contributed by atoms with E-state index < -0.39 is 0 Å². The lowest BCUT2D eigenvalue weighted by Gasteiger charge is -2.12. The minimum Gasteiger partial charge on any atom is -0.483 e. The zero-order valence-electron chi connectivity index (χ0n) is 17.2. The Morgan fingerprint density at radius 3 is 2.21 bits per heavy atom. The molecule has 0 saturated heterocycles. The molecule has 3 aromatic rings. The van der Waals surface area contributed by atoms with Crippen LogP contribution in [0.2, 0.25) is 0 Å². The molecule has 0 aliphatic rings. The highest BCUT2D eigenvalue weighted by atomic mass is 16.5. The van der Waals surface area contributed by atoms with E-state index in [2.05, 4.69) is 55.8 Å². The highest BCUT2D eigenvalue weighted by molar-refractivity contribution is 5.77. The molecule has 1 amide bonds. The fourth-order valence-electron chi connectivity index (χ4n) is 3.18. The molecular formula is C25H29N2O2+. The van der Waals surface area contributed by atoms with Gasteiger partial charge in [0, 0.05) is 18.5 Å². The average Bonchev–Trinajstić information content (AvgIpc) is 2.73. The molecule has 0 saturated carbocycles. The third-order valence-corrected chi connectivity index (χ3v) is 4.64. The van der Waals surface area contributed by atoms with Gasteiger partial charge in [0.25, 0.3) is 5.91 Å². The summed E-state index contributed by atoms with van der Waals surface area (Å²) < 4.78 is 5.81. The molecule has 0 spiro atoms.